The molecule has 0 aromatic heterocycles. The van der Waals surface area contributed by atoms with Gasteiger partial charge < -0.3 is 0 Å². The first-order chi connectivity index (χ1) is 12.2. The Labute approximate surface area is 147 Å². The van der Waals surface area contributed by atoms with Gasteiger partial charge >= 0.3 is 0 Å². The Balaban J connectivity index is 2.26. The fraction of sp³-hybridized carbons (Fsp3) is 0.143. The van der Waals surface area contributed by atoms with Crippen molar-refractivity contribution in [3.8, 4) is 22.3 Å². The van der Waals surface area contributed by atoms with Gasteiger partial charge in [-0.3, -0.25) is 0 Å². The third-order valence-corrected chi connectivity index (χ3v) is 4.56. The highest BCUT2D eigenvalue weighted by atomic mass is 19.2. The predicted molar refractivity (Wildman–Crippen MR) is 91.3 cm³/mol. The van der Waals surface area contributed by atoms with Crippen molar-refractivity contribution in [2.45, 2.75) is 20.8 Å². The zero-order chi connectivity index (χ0) is 19.2. The minimum Gasteiger partial charge on any atom is -0.203 e. The minimum atomic E-state index is -2.16. The minimum absolute atomic E-state index is 0.0338. The molecular weight excluding hydrogens is 347 g/mol. The van der Waals surface area contributed by atoms with Crippen LogP contribution in [0.25, 0.3) is 22.3 Å². The Bertz CT molecular complexity index is 992. The molecule has 0 heterocycles. The van der Waals surface area contributed by atoms with Gasteiger partial charge in [-0.25, -0.2) is 22.0 Å². The van der Waals surface area contributed by atoms with Crippen molar-refractivity contribution in [2.75, 3.05) is 0 Å². The Morgan fingerprint density at radius 1 is 0.500 bits per heavy atom. The molecule has 26 heavy (non-hydrogen) atoms. The summed E-state index contributed by atoms with van der Waals surface area (Å²) in [5.41, 5.74) is 2.98. The standard InChI is InChI=1S/C21H15F5/c1-10-4-6-13(8-12(10)3)14-7-5-11(2)15(9-14)16-17(22)19(24)21(26)20(25)18(16)23/h4-9H,1-3H3. The van der Waals surface area contributed by atoms with Gasteiger partial charge in [0.05, 0.1) is 5.56 Å². The highest BCUT2D eigenvalue weighted by Gasteiger charge is 2.27. The molecule has 3 aromatic rings. The maximum absolute atomic E-state index is 14.2. The van der Waals surface area contributed by atoms with Gasteiger partial charge in [-0.15, -0.1) is 0 Å². The molecule has 0 bridgehead atoms. The van der Waals surface area contributed by atoms with Crippen LogP contribution in [0.5, 0.6) is 0 Å². The van der Waals surface area contributed by atoms with E-state index in [1.165, 1.54) is 6.07 Å². The SMILES string of the molecule is Cc1ccc(-c2ccc(C)c(-c3c(F)c(F)c(F)c(F)c3F)c2)cc1C. The van der Waals surface area contributed by atoms with Crippen molar-refractivity contribution in [3.05, 3.63) is 82.2 Å². The Morgan fingerprint density at radius 2 is 0.962 bits per heavy atom. The smallest absolute Gasteiger partial charge is 0.200 e. The topological polar surface area (TPSA) is 0 Å². The molecule has 0 nitrogen and oxygen atoms in total. The van der Waals surface area contributed by atoms with Crippen LogP contribution in [0.2, 0.25) is 0 Å². The van der Waals surface area contributed by atoms with Crippen LogP contribution >= 0.6 is 0 Å². The van der Waals surface area contributed by atoms with Gasteiger partial charge in [0.15, 0.2) is 23.3 Å². The molecule has 0 saturated heterocycles. The van der Waals surface area contributed by atoms with Gasteiger partial charge in [0.2, 0.25) is 5.82 Å². The first-order valence-electron chi connectivity index (χ1n) is 7.92. The van der Waals surface area contributed by atoms with Gasteiger partial charge in [0.1, 0.15) is 0 Å². The van der Waals surface area contributed by atoms with Gasteiger partial charge in [-0.2, -0.15) is 0 Å². The van der Waals surface area contributed by atoms with E-state index in [0.717, 1.165) is 16.7 Å². The van der Waals surface area contributed by atoms with E-state index in [4.69, 9.17) is 0 Å². The van der Waals surface area contributed by atoms with E-state index < -0.39 is 34.6 Å². The van der Waals surface area contributed by atoms with E-state index in [2.05, 4.69) is 0 Å². The van der Waals surface area contributed by atoms with Crippen LogP contribution in [-0.4, -0.2) is 0 Å². The van der Waals surface area contributed by atoms with E-state index in [9.17, 15) is 22.0 Å². The van der Waals surface area contributed by atoms with Crippen molar-refractivity contribution < 1.29 is 22.0 Å². The van der Waals surface area contributed by atoms with Gasteiger partial charge in [-0.1, -0.05) is 30.3 Å². The van der Waals surface area contributed by atoms with E-state index in [1.807, 2.05) is 32.0 Å². The third kappa shape index (κ3) is 2.87. The van der Waals surface area contributed by atoms with E-state index >= 15 is 0 Å². The summed E-state index contributed by atoms with van der Waals surface area (Å²) in [4.78, 5) is 0. The highest BCUT2D eigenvalue weighted by Crippen LogP contribution is 2.36. The number of hydrogen-bond acceptors (Lipinski definition) is 0. The monoisotopic (exact) mass is 362 g/mol. The van der Waals surface area contributed by atoms with Crippen molar-refractivity contribution in [3.63, 3.8) is 0 Å². The lowest BCUT2D eigenvalue weighted by atomic mass is 9.93. The average molecular weight is 362 g/mol. The van der Waals surface area contributed by atoms with Crippen molar-refractivity contribution in [1.29, 1.82) is 0 Å². The summed E-state index contributed by atoms with van der Waals surface area (Å²) in [5, 5.41) is 0. The fourth-order valence-electron chi connectivity index (χ4n) is 2.83. The molecule has 0 N–H and O–H groups in total. The van der Waals surface area contributed by atoms with Crippen LogP contribution in [0.4, 0.5) is 22.0 Å². The summed E-state index contributed by atoms with van der Waals surface area (Å²) in [7, 11) is 0. The largest absolute Gasteiger partial charge is 0.203 e. The molecule has 0 aliphatic rings. The zero-order valence-corrected chi connectivity index (χ0v) is 14.4. The second-order valence-corrected chi connectivity index (χ2v) is 6.27. The van der Waals surface area contributed by atoms with Crippen LogP contribution in [0.15, 0.2) is 36.4 Å². The van der Waals surface area contributed by atoms with Gasteiger partial charge in [-0.05, 0) is 60.2 Å². The Kier molecular flexibility index (Phi) is 4.57. The molecule has 0 amide bonds. The maximum atomic E-state index is 14.2. The molecule has 0 aliphatic carbocycles. The summed E-state index contributed by atoms with van der Waals surface area (Å²) in [6, 6.07) is 10.4. The van der Waals surface area contributed by atoms with E-state index in [1.54, 1.807) is 19.1 Å². The van der Waals surface area contributed by atoms with Crippen molar-refractivity contribution in [1.82, 2.24) is 0 Å². The number of benzene rings is 3. The molecule has 0 spiro atoms. The lowest BCUT2D eigenvalue weighted by molar-refractivity contribution is 0.381. The summed E-state index contributed by atoms with van der Waals surface area (Å²) in [5.74, 6) is -9.72. The third-order valence-electron chi connectivity index (χ3n) is 4.56. The van der Waals surface area contributed by atoms with E-state index in [-0.39, 0.29) is 5.56 Å². The average Bonchev–Trinajstić information content (AvgIpc) is 2.62. The summed E-state index contributed by atoms with van der Waals surface area (Å²) >= 11 is 0. The van der Waals surface area contributed by atoms with E-state index in [0.29, 0.717) is 11.1 Å². The Hall–Kier alpha value is -2.69. The summed E-state index contributed by atoms with van der Waals surface area (Å²) < 4.78 is 68.9. The van der Waals surface area contributed by atoms with Crippen LogP contribution in [0, 0.1) is 49.9 Å². The molecule has 0 fully saturated rings. The molecule has 134 valence electrons. The van der Waals surface area contributed by atoms with Crippen LogP contribution in [0.3, 0.4) is 0 Å². The quantitative estimate of drug-likeness (QED) is 0.272. The fourth-order valence-corrected chi connectivity index (χ4v) is 2.83. The normalized spacial score (nSPS) is 11.1. The molecule has 0 saturated carbocycles. The molecular formula is C21H15F5. The van der Waals surface area contributed by atoms with Gasteiger partial charge in [0, 0.05) is 0 Å². The Morgan fingerprint density at radius 3 is 1.50 bits per heavy atom. The highest BCUT2D eigenvalue weighted by molar-refractivity contribution is 5.76. The molecule has 0 atom stereocenters. The number of rotatable bonds is 2. The van der Waals surface area contributed by atoms with Gasteiger partial charge in [0.25, 0.3) is 0 Å². The maximum Gasteiger partial charge on any atom is 0.200 e. The lowest BCUT2D eigenvalue weighted by Gasteiger charge is -2.13. The second kappa shape index (κ2) is 6.56. The molecule has 3 aromatic carbocycles. The van der Waals surface area contributed by atoms with Crippen LogP contribution in [-0.2, 0) is 0 Å². The molecule has 5 heteroatoms. The van der Waals surface area contributed by atoms with Crippen molar-refractivity contribution in [2.24, 2.45) is 0 Å². The molecule has 0 aliphatic heterocycles. The lowest BCUT2D eigenvalue weighted by Crippen LogP contribution is -2.05. The van der Waals surface area contributed by atoms with Crippen LogP contribution < -0.4 is 0 Å². The summed E-state index contributed by atoms with van der Waals surface area (Å²) in [6.07, 6.45) is 0. The number of halogens is 5. The van der Waals surface area contributed by atoms with Crippen LogP contribution in [0.1, 0.15) is 16.7 Å². The number of aryl methyl sites for hydroxylation is 3. The first kappa shape index (κ1) is 18.1. The first-order valence-corrected chi connectivity index (χ1v) is 7.92. The predicted octanol–water partition coefficient (Wildman–Crippen LogP) is 6.64. The summed E-state index contributed by atoms with van der Waals surface area (Å²) in [6.45, 7) is 5.43. The molecule has 3 rings (SSSR count). The zero-order valence-electron chi connectivity index (χ0n) is 14.4. The molecule has 0 unspecified atom stereocenters. The molecule has 0 radical (unpaired) electrons. The van der Waals surface area contributed by atoms with Crippen molar-refractivity contribution >= 4 is 0 Å². The second-order valence-electron chi connectivity index (χ2n) is 6.27. The number of hydrogen-bond donors (Lipinski definition) is 0.